The van der Waals surface area contributed by atoms with Crippen molar-refractivity contribution in [3.8, 4) is 0 Å². The van der Waals surface area contributed by atoms with E-state index in [0.717, 1.165) is 6.42 Å². The van der Waals surface area contributed by atoms with Gasteiger partial charge in [0.05, 0.1) is 5.92 Å². The second-order valence-corrected chi connectivity index (χ2v) is 3.85. The average Bonchev–Trinajstić information content (AvgIpc) is 1.82. The van der Waals surface area contributed by atoms with Crippen molar-refractivity contribution >= 4 is 5.97 Å². The molecule has 1 N–H and O–H groups in total. The molecule has 2 atom stereocenters. The molecule has 2 nitrogen and oxygen atoms in total. The third kappa shape index (κ3) is 0.825. The monoisotopic (exact) mass is 142 g/mol. The van der Waals surface area contributed by atoms with Crippen LogP contribution >= 0.6 is 0 Å². The summed E-state index contributed by atoms with van der Waals surface area (Å²) < 4.78 is 0. The first-order valence-corrected chi connectivity index (χ1v) is 3.69. The molecule has 1 aliphatic carbocycles. The van der Waals surface area contributed by atoms with Gasteiger partial charge in [0.25, 0.3) is 0 Å². The third-order valence-electron chi connectivity index (χ3n) is 3.06. The molecular formula is C8H14O2. The van der Waals surface area contributed by atoms with Crippen molar-refractivity contribution < 1.29 is 9.90 Å². The van der Waals surface area contributed by atoms with E-state index in [1.165, 1.54) is 0 Å². The summed E-state index contributed by atoms with van der Waals surface area (Å²) in [6.07, 6.45) is 0.850. The van der Waals surface area contributed by atoms with Gasteiger partial charge in [-0.2, -0.15) is 0 Å². The molecule has 0 unspecified atom stereocenters. The minimum atomic E-state index is -0.636. The molecular weight excluding hydrogens is 128 g/mol. The zero-order valence-corrected chi connectivity index (χ0v) is 6.72. The largest absolute Gasteiger partial charge is 0.481 e. The lowest BCUT2D eigenvalue weighted by Crippen LogP contribution is -2.47. The molecule has 0 aromatic heterocycles. The first-order chi connectivity index (χ1) is 4.46. The Balaban J connectivity index is 2.63. The second-order valence-electron chi connectivity index (χ2n) is 3.85. The van der Waals surface area contributed by atoms with Crippen molar-refractivity contribution in [2.45, 2.75) is 27.2 Å². The number of aliphatic carboxylic acids is 1. The number of carbonyl (C=O) groups is 1. The molecule has 0 heterocycles. The van der Waals surface area contributed by atoms with E-state index in [4.69, 9.17) is 5.11 Å². The van der Waals surface area contributed by atoms with Crippen molar-refractivity contribution in [3.63, 3.8) is 0 Å². The highest BCUT2D eigenvalue weighted by atomic mass is 16.4. The van der Waals surface area contributed by atoms with Crippen LogP contribution in [0.2, 0.25) is 0 Å². The number of hydrogen-bond donors (Lipinski definition) is 1. The smallest absolute Gasteiger partial charge is 0.307 e. The minimum absolute atomic E-state index is 0.0197. The number of carboxylic acids is 1. The Labute approximate surface area is 61.2 Å². The normalized spacial score (nSPS) is 36.7. The number of carboxylic acid groups (broad SMARTS) is 1. The molecule has 1 fully saturated rings. The fraction of sp³-hybridized carbons (Fsp3) is 0.875. The van der Waals surface area contributed by atoms with Gasteiger partial charge >= 0.3 is 5.97 Å². The third-order valence-corrected chi connectivity index (χ3v) is 3.06. The van der Waals surface area contributed by atoms with Crippen molar-refractivity contribution in [1.29, 1.82) is 0 Å². The summed E-state index contributed by atoms with van der Waals surface area (Å²) >= 11 is 0. The van der Waals surface area contributed by atoms with Crippen LogP contribution in [0.3, 0.4) is 0 Å². The Hall–Kier alpha value is -0.530. The average molecular weight is 142 g/mol. The highest BCUT2D eigenvalue weighted by molar-refractivity contribution is 5.72. The van der Waals surface area contributed by atoms with Crippen molar-refractivity contribution in [2.75, 3.05) is 0 Å². The molecule has 1 rings (SSSR count). The molecule has 0 bridgehead atoms. The topological polar surface area (TPSA) is 37.3 Å². The van der Waals surface area contributed by atoms with Gasteiger partial charge in [0.15, 0.2) is 0 Å². The summed E-state index contributed by atoms with van der Waals surface area (Å²) in [7, 11) is 0. The number of rotatable bonds is 1. The van der Waals surface area contributed by atoms with Crippen LogP contribution in [0.4, 0.5) is 0 Å². The fourth-order valence-corrected chi connectivity index (χ4v) is 1.56. The van der Waals surface area contributed by atoms with Gasteiger partial charge in [0.1, 0.15) is 0 Å². The van der Waals surface area contributed by atoms with Gasteiger partial charge in [-0.1, -0.05) is 20.8 Å². The first kappa shape index (κ1) is 7.58. The van der Waals surface area contributed by atoms with E-state index < -0.39 is 5.97 Å². The molecule has 2 heteroatoms. The highest BCUT2D eigenvalue weighted by Crippen LogP contribution is 2.50. The summed E-state index contributed by atoms with van der Waals surface area (Å²) in [5.74, 6) is -0.181. The van der Waals surface area contributed by atoms with Gasteiger partial charge in [-0.15, -0.1) is 0 Å². The predicted octanol–water partition coefficient (Wildman–Crippen LogP) is 1.75. The first-order valence-electron chi connectivity index (χ1n) is 3.69. The van der Waals surface area contributed by atoms with Crippen LogP contribution < -0.4 is 0 Å². The van der Waals surface area contributed by atoms with Crippen molar-refractivity contribution in [2.24, 2.45) is 17.3 Å². The van der Waals surface area contributed by atoms with Gasteiger partial charge in [-0.25, -0.2) is 0 Å². The SMILES string of the molecule is C[C@H]1C[C@@H](C(=O)O)C1(C)C. The molecule has 0 aromatic carbocycles. The van der Waals surface area contributed by atoms with Crippen LogP contribution in [-0.2, 0) is 4.79 Å². The molecule has 1 saturated carbocycles. The Morgan fingerprint density at radius 1 is 1.60 bits per heavy atom. The molecule has 0 aliphatic heterocycles. The maximum Gasteiger partial charge on any atom is 0.307 e. The van der Waals surface area contributed by atoms with Gasteiger partial charge in [-0.3, -0.25) is 4.79 Å². The Kier molecular flexibility index (Phi) is 1.50. The van der Waals surface area contributed by atoms with E-state index >= 15 is 0 Å². The van der Waals surface area contributed by atoms with E-state index in [1.54, 1.807) is 0 Å². The standard InChI is InChI=1S/C8H14O2/c1-5-4-6(7(9)10)8(5,2)3/h5-6H,4H2,1-3H3,(H,9,10)/t5-,6-/m0/s1. The summed E-state index contributed by atoms with van der Waals surface area (Å²) in [4.78, 5) is 10.5. The van der Waals surface area contributed by atoms with E-state index in [2.05, 4.69) is 6.92 Å². The molecule has 0 aromatic rings. The maximum absolute atomic E-state index is 10.5. The zero-order valence-electron chi connectivity index (χ0n) is 6.72. The lowest BCUT2D eigenvalue weighted by molar-refractivity contribution is -0.157. The minimum Gasteiger partial charge on any atom is -0.481 e. The van der Waals surface area contributed by atoms with E-state index in [9.17, 15) is 4.79 Å². The van der Waals surface area contributed by atoms with Crippen LogP contribution in [0.5, 0.6) is 0 Å². The van der Waals surface area contributed by atoms with Crippen molar-refractivity contribution in [1.82, 2.24) is 0 Å². The lowest BCUT2D eigenvalue weighted by Gasteiger charge is -2.48. The fourth-order valence-electron chi connectivity index (χ4n) is 1.56. The molecule has 10 heavy (non-hydrogen) atoms. The Morgan fingerprint density at radius 2 is 2.10 bits per heavy atom. The van der Waals surface area contributed by atoms with Crippen LogP contribution in [0.15, 0.2) is 0 Å². The molecule has 0 saturated heterocycles. The van der Waals surface area contributed by atoms with Crippen molar-refractivity contribution in [3.05, 3.63) is 0 Å². The summed E-state index contributed by atoms with van der Waals surface area (Å²) in [6.45, 7) is 6.17. The quantitative estimate of drug-likeness (QED) is 0.605. The summed E-state index contributed by atoms with van der Waals surface area (Å²) in [5, 5.41) is 8.69. The molecule has 0 amide bonds. The molecule has 0 radical (unpaired) electrons. The molecule has 58 valence electrons. The highest BCUT2D eigenvalue weighted by Gasteiger charge is 2.49. The Morgan fingerprint density at radius 3 is 2.20 bits per heavy atom. The second kappa shape index (κ2) is 1.97. The van der Waals surface area contributed by atoms with Gasteiger partial charge in [0, 0.05) is 0 Å². The number of hydrogen-bond acceptors (Lipinski definition) is 1. The van der Waals surface area contributed by atoms with Crippen LogP contribution in [0, 0.1) is 17.3 Å². The van der Waals surface area contributed by atoms with Crippen LogP contribution in [0.25, 0.3) is 0 Å². The van der Waals surface area contributed by atoms with Gasteiger partial charge < -0.3 is 5.11 Å². The van der Waals surface area contributed by atoms with Crippen LogP contribution in [0.1, 0.15) is 27.2 Å². The summed E-state index contributed by atoms with van der Waals surface area (Å²) in [5.41, 5.74) is 0.0197. The van der Waals surface area contributed by atoms with E-state index in [-0.39, 0.29) is 11.3 Å². The van der Waals surface area contributed by atoms with E-state index in [1.807, 2.05) is 13.8 Å². The van der Waals surface area contributed by atoms with Crippen LogP contribution in [-0.4, -0.2) is 11.1 Å². The van der Waals surface area contributed by atoms with Gasteiger partial charge in [-0.05, 0) is 17.8 Å². The maximum atomic E-state index is 10.5. The summed E-state index contributed by atoms with van der Waals surface area (Å²) in [6, 6.07) is 0. The molecule has 0 spiro atoms. The van der Waals surface area contributed by atoms with E-state index in [0.29, 0.717) is 5.92 Å². The molecule has 1 aliphatic rings. The van der Waals surface area contributed by atoms with Gasteiger partial charge in [0.2, 0.25) is 0 Å². The zero-order chi connectivity index (χ0) is 7.94. The Bertz CT molecular complexity index is 161. The lowest BCUT2D eigenvalue weighted by atomic mass is 9.55. The predicted molar refractivity (Wildman–Crippen MR) is 38.7 cm³/mol.